The summed E-state index contributed by atoms with van der Waals surface area (Å²) in [5.74, 6) is 0.298. The van der Waals surface area contributed by atoms with Gasteiger partial charge in [0.1, 0.15) is 0 Å². The number of nitrogens with one attached hydrogen (secondary N) is 1. The van der Waals surface area contributed by atoms with Gasteiger partial charge in [0.25, 0.3) is 0 Å². The molecule has 0 aliphatic rings. The molecule has 0 saturated carbocycles. The number of nitrogens with zero attached hydrogens (tertiary/aromatic N) is 2. The number of nitriles is 1. The smallest absolute Gasteiger partial charge is 0.0681 e. The van der Waals surface area contributed by atoms with Gasteiger partial charge in [0.15, 0.2) is 0 Å². The Labute approximate surface area is 91.1 Å². The summed E-state index contributed by atoms with van der Waals surface area (Å²) in [7, 11) is 1.88. The highest BCUT2D eigenvalue weighted by atomic mass is 14.9. The zero-order valence-corrected chi connectivity index (χ0v) is 9.44. The fourth-order valence-corrected chi connectivity index (χ4v) is 1.72. The summed E-state index contributed by atoms with van der Waals surface area (Å²) < 4.78 is 0. The number of rotatable bonds is 4. The molecule has 0 aliphatic heterocycles. The lowest BCUT2D eigenvalue weighted by Gasteiger charge is -2.24. The molecule has 2 unspecified atom stereocenters. The fraction of sp³-hybridized carbons (Fsp3) is 0.500. The van der Waals surface area contributed by atoms with Crippen molar-refractivity contribution in [3.8, 4) is 6.07 Å². The summed E-state index contributed by atoms with van der Waals surface area (Å²) in [6.45, 7) is 4.13. The molecule has 0 aliphatic carbocycles. The van der Waals surface area contributed by atoms with Gasteiger partial charge < -0.3 is 5.32 Å². The SMILES string of the molecule is CNC(c1cccnc1)C(C#N)C(C)C. The average molecular weight is 203 g/mol. The van der Waals surface area contributed by atoms with Gasteiger partial charge in [-0.1, -0.05) is 19.9 Å². The molecule has 1 rings (SSSR count). The van der Waals surface area contributed by atoms with Crippen molar-refractivity contribution in [3.63, 3.8) is 0 Å². The Morgan fingerprint density at radius 3 is 2.60 bits per heavy atom. The van der Waals surface area contributed by atoms with Crippen LogP contribution in [0.1, 0.15) is 25.5 Å². The second-order valence-electron chi connectivity index (χ2n) is 3.95. The van der Waals surface area contributed by atoms with Gasteiger partial charge in [0.05, 0.1) is 12.0 Å². The van der Waals surface area contributed by atoms with Gasteiger partial charge in [-0.05, 0) is 24.6 Å². The van der Waals surface area contributed by atoms with E-state index in [2.05, 4.69) is 30.2 Å². The molecule has 0 radical (unpaired) electrons. The molecule has 80 valence electrons. The third kappa shape index (κ3) is 2.77. The molecular formula is C12H17N3. The van der Waals surface area contributed by atoms with Crippen molar-refractivity contribution in [2.75, 3.05) is 7.05 Å². The van der Waals surface area contributed by atoms with E-state index < -0.39 is 0 Å². The van der Waals surface area contributed by atoms with E-state index in [1.54, 1.807) is 6.20 Å². The molecule has 0 bridgehead atoms. The van der Waals surface area contributed by atoms with E-state index in [1.807, 2.05) is 25.4 Å². The maximum atomic E-state index is 9.15. The Hall–Kier alpha value is -1.40. The first-order valence-corrected chi connectivity index (χ1v) is 5.17. The minimum absolute atomic E-state index is 0.0285. The van der Waals surface area contributed by atoms with Crippen LogP contribution < -0.4 is 5.32 Å². The summed E-state index contributed by atoms with van der Waals surface area (Å²) in [4.78, 5) is 4.08. The fourth-order valence-electron chi connectivity index (χ4n) is 1.72. The predicted molar refractivity (Wildman–Crippen MR) is 60.0 cm³/mol. The Morgan fingerprint density at radius 2 is 2.20 bits per heavy atom. The Bertz CT molecular complexity index is 326. The lowest BCUT2D eigenvalue weighted by Crippen LogP contribution is -2.27. The third-order valence-electron chi connectivity index (χ3n) is 2.58. The Kier molecular flexibility index (Phi) is 4.26. The van der Waals surface area contributed by atoms with E-state index in [4.69, 9.17) is 5.26 Å². The van der Waals surface area contributed by atoms with Crippen LogP contribution in [0.4, 0.5) is 0 Å². The first-order valence-electron chi connectivity index (χ1n) is 5.17. The molecule has 0 saturated heterocycles. The first kappa shape index (κ1) is 11.7. The lowest BCUT2D eigenvalue weighted by atomic mass is 9.86. The monoisotopic (exact) mass is 203 g/mol. The zero-order chi connectivity index (χ0) is 11.3. The van der Waals surface area contributed by atoms with Gasteiger partial charge in [-0.2, -0.15) is 5.26 Å². The first-order chi connectivity index (χ1) is 7.20. The molecule has 0 amide bonds. The van der Waals surface area contributed by atoms with Crippen LogP contribution in [-0.2, 0) is 0 Å². The minimum Gasteiger partial charge on any atom is -0.312 e. The topological polar surface area (TPSA) is 48.7 Å². The Balaban J connectivity index is 2.94. The van der Waals surface area contributed by atoms with Gasteiger partial charge in [-0.3, -0.25) is 4.98 Å². The molecule has 3 nitrogen and oxygen atoms in total. The van der Waals surface area contributed by atoms with Crippen LogP contribution in [0.5, 0.6) is 0 Å². The van der Waals surface area contributed by atoms with E-state index in [9.17, 15) is 0 Å². The summed E-state index contributed by atoms with van der Waals surface area (Å²) in [5.41, 5.74) is 1.07. The summed E-state index contributed by atoms with van der Waals surface area (Å²) >= 11 is 0. The van der Waals surface area contributed by atoms with Crippen molar-refractivity contribution >= 4 is 0 Å². The number of hydrogen-bond acceptors (Lipinski definition) is 3. The van der Waals surface area contributed by atoms with Crippen LogP contribution in [-0.4, -0.2) is 12.0 Å². The molecule has 0 spiro atoms. The van der Waals surface area contributed by atoms with Crippen LogP contribution >= 0.6 is 0 Å². The highest BCUT2D eigenvalue weighted by molar-refractivity contribution is 5.17. The van der Waals surface area contributed by atoms with Crippen molar-refractivity contribution < 1.29 is 0 Å². The normalized spacial score (nSPS) is 14.6. The van der Waals surface area contributed by atoms with Crippen LogP contribution in [0.3, 0.4) is 0 Å². The molecule has 0 aromatic carbocycles. The molecule has 1 N–H and O–H groups in total. The van der Waals surface area contributed by atoms with Crippen LogP contribution in [0.15, 0.2) is 24.5 Å². The van der Waals surface area contributed by atoms with Crippen molar-refractivity contribution in [1.29, 1.82) is 5.26 Å². The molecular weight excluding hydrogens is 186 g/mol. The predicted octanol–water partition coefficient (Wildman–Crippen LogP) is 2.14. The summed E-state index contributed by atoms with van der Waals surface area (Å²) in [5, 5.41) is 12.3. The Morgan fingerprint density at radius 1 is 1.47 bits per heavy atom. The minimum atomic E-state index is -0.0285. The maximum Gasteiger partial charge on any atom is 0.0681 e. The van der Waals surface area contributed by atoms with E-state index in [1.165, 1.54) is 0 Å². The van der Waals surface area contributed by atoms with Crippen LogP contribution in [0.2, 0.25) is 0 Å². The van der Waals surface area contributed by atoms with Gasteiger partial charge >= 0.3 is 0 Å². The van der Waals surface area contributed by atoms with Crippen molar-refractivity contribution in [2.24, 2.45) is 11.8 Å². The summed E-state index contributed by atoms with van der Waals surface area (Å²) in [6, 6.07) is 6.32. The second-order valence-corrected chi connectivity index (χ2v) is 3.95. The molecule has 1 aromatic heterocycles. The van der Waals surface area contributed by atoms with Gasteiger partial charge in [-0.15, -0.1) is 0 Å². The molecule has 1 heterocycles. The molecule has 1 aromatic rings. The number of aromatic nitrogens is 1. The lowest BCUT2D eigenvalue weighted by molar-refractivity contribution is 0.362. The van der Waals surface area contributed by atoms with Crippen molar-refractivity contribution in [3.05, 3.63) is 30.1 Å². The second kappa shape index (κ2) is 5.47. The highest BCUT2D eigenvalue weighted by Gasteiger charge is 2.24. The van der Waals surface area contributed by atoms with E-state index >= 15 is 0 Å². The van der Waals surface area contributed by atoms with Crippen molar-refractivity contribution in [1.82, 2.24) is 10.3 Å². The third-order valence-corrected chi connectivity index (χ3v) is 2.58. The molecule has 3 heteroatoms. The number of hydrogen-bond donors (Lipinski definition) is 1. The van der Waals surface area contributed by atoms with Crippen LogP contribution in [0.25, 0.3) is 0 Å². The van der Waals surface area contributed by atoms with E-state index in [0.29, 0.717) is 5.92 Å². The van der Waals surface area contributed by atoms with Crippen molar-refractivity contribution in [2.45, 2.75) is 19.9 Å². The maximum absolute atomic E-state index is 9.15. The zero-order valence-electron chi connectivity index (χ0n) is 9.44. The molecule has 2 atom stereocenters. The number of pyridine rings is 1. The summed E-state index contributed by atoms with van der Waals surface area (Å²) in [6.07, 6.45) is 3.56. The average Bonchev–Trinajstić information content (AvgIpc) is 2.26. The molecule has 0 fully saturated rings. The van der Waals surface area contributed by atoms with Gasteiger partial charge in [0, 0.05) is 18.4 Å². The van der Waals surface area contributed by atoms with Crippen LogP contribution in [0, 0.1) is 23.2 Å². The van der Waals surface area contributed by atoms with E-state index in [-0.39, 0.29) is 12.0 Å². The quantitative estimate of drug-likeness (QED) is 0.815. The van der Waals surface area contributed by atoms with Gasteiger partial charge in [-0.25, -0.2) is 0 Å². The van der Waals surface area contributed by atoms with E-state index in [0.717, 1.165) is 5.56 Å². The largest absolute Gasteiger partial charge is 0.312 e. The molecule has 15 heavy (non-hydrogen) atoms. The van der Waals surface area contributed by atoms with Gasteiger partial charge in [0.2, 0.25) is 0 Å². The highest BCUT2D eigenvalue weighted by Crippen LogP contribution is 2.26. The standard InChI is InChI=1S/C12H17N3/c1-9(2)11(7-13)12(14-3)10-5-4-6-15-8-10/h4-6,8-9,11-12,14H,1-3H3.